The fourth-order valence-electron chi connectivity index (χ4n) is 3.26. The summed E-state index contributed by atoms with van der Waals surface area (Å²) in [5.74, 6) is -0.269. The molecule has 0 atom stereocenters. The van der Waals surface area contributed by atoms with E-state index in [9.17, 15) is 4.79 Å². The average Bonchev–Trinajstić information content (AvgIpc) is 2.98. The number of ether oxygens (including phenoxy) is 1. The lowest BCUT2D eigenvalue weighted by Crippen LogP contribution is -2.04. The summed E-state index contributed by atoms with van der Waals surface area (Å²) in [5, 5.41) is 3.23. The van der Waals surface area contributed by atoms with Crippen LogP contribution >= 0.6 is 0 Å². The van der Waals surface area contributed by atoms with E-state index in [1.165, 1.54) is 5.56 Å². The van der Waals surface area contributed by atoms with Crippen LogP contribution < -0.4 is 0 Å². The van der Waals surface area contributed by atoms with Crippen LogP contribution in [0.5, 0.6) is 0 Å². The topological polar surface area (TPSA) is 31.2 Å². The molecular formula is C22H19NO2. The van der Waals surface area contributed by atoms with Crippen LogP contribution in [0.1, 0.15) is 22.8 Å². The molecule has 0 aliphatic rings. The van der Waals surface area contributed by atoms with Gasteiger partial charge < -0.3 is 9.30 Å². The Balaban J connectivity index is 1.91. The number of aromatic nitrogens is 1. The van der Waals surface area contributed by atoms with Gasteiger partial charge in [-0.3, -0.25) is 0 Å². The fraction of sp³-hybridized carbons (Fsp3) is 0.136. The van der Waals surface area contributed by atoms with Crippen molar-refractivity contribution in [2.75, 3.05) is 6.61 Å². The largest absolute Gasteiger partial charge is 0.462 e. The summed E-state index contributed by atoms with van der Waals surface area (Å²) in [6.45, 7) is 2.92. The molecule has 3 heteroatoms. The first kappa shape index (κ1) is 15.5. The second-order valence-corrected chi connectivity index (χ2v) is 6.09. The van der Waals surface area contributed by atoms with E-state index < -0.39 is 0 Å². The van der Waals surface area contributed by atoms with Gasteiger partial charge in [-0.2, -0.15) is 0 Å². The van der Waals surface area contributed by atoms with Gasteiger partial charge in [-0.05, 0) is 35.4 Å². The number of hydrogen-bond donors (Lipinski definition) is 0. The highest BCUT2D eigenvalue weighted by Gasteiger charge is 2.17. The summed E-state index contributed by atoms with van der Waals surface area (Å²) in [5.41, 5.74) is 2.87. The molecule has 3 nitrogen and oxygen atoms in total. The zero-order chi connectivity index (χ0) is 17.2. The maximum Gasteiger partial charge on any atom is 0.340 e. The molecule has 0 spiro atoms. The predicted octanol–water partition coefficient (Wildman–Crippen LogP) is 5.02. The van der Waals surface area contributed by atoms with Crippen LogP contribution in [-0.2, 0) is 11.3 Å². The summed E-state index contributed by atoms with van der Waals surface area (Å²) < 4.78 is 7.39. The van der Waals surface area contributed by atoms with Crippen molar-refractivity contribution in [1.82, 2.24) is 4.57 Å². The highest BCUT2D eigenvalue weighted by molar-refractivity contribution is 6.08. The molecule has 124 valence electrons. The van der Waals surface area contributed by atoms with Crippen LogP contribution in [0.25, 0.3) is 21.7 Å². The second kappa shape index (κ2) is 6.44. The number of rotatable bonds is 4. The molecular weight excluding hydrogens is 310 g/mol. The molecule has 0 amide bonds. The standard InChI is InChI=1S/C22H19NO2/c1-2-25-22(24)20-15-23(14-16-8-4-3-5-9-16)21-13-18-11-7-6-10-17(18)12-19(20)21/h3-13,15H,2,14H2,1H3. The highest BCUT2D eigenvalue weighted by atomic mass is 16.5. The maximum atomic E-state index is 12.4. The minimum atomic E-state index is -0.269. The zero-order valence-electron chi connectivity index (χ0n) is 14.1. The van der Waals surface area contributed by atoms with Crippen LogP contribution in [0.2, 0.25) is 0 Å². The Labute approximate surface area is 146 Å². The van der Waals surface area contributed by atoms with E-state index in [-0.39, 0.29) is 5.97 Å². The van der Waals surface area contributed by atoms with Crippen molar-refractivity contribution in [2.24, 2.45) is 0 Å². The monoisotopic (exact) mass is 329 g/mol. The van der Waals surface area contributed by atoms with Crippen LogP contribution in [0.4, 0.5) is 0 Å². The van der Waals surface area contributed by atoms with Gasteiger partial charge in [0.15, 0.2) is 0 Å². The van der Waals surface area contributed by atoms with E-state index in [2.05, 4.69) is 41.0 Å². The Bertz CT molecular complexity index is 1050. The van der Waals surface area contributed by atoms with Gasteiger partial charge in [0.1, 0.15) is 0 Å². The minimum Gasteiger partial charge on any atom is -0.462 e. The number of benzene rings is 3. The third-order valence-corrected chi connectivity index (χ3v) is 4.44. The molecule has 0 radical (unpaired) electrons. The van der Waals surface area contributed by atoms with E-state index in [0.29, 0.717) is 12.2 Å². The average molecular weight is 329 g/mol. The minimum absolute atomic E-state index is 0.269. The highest BCUT2D eigenvalue weighted by Crippen LogP contribution is 2.28. The number of nitrogens with zero attached hydrogens (tertiary/aromatic N) is 1. The second-order valence-electron chi connectivity index (χ2n) is 6.09. The predicted molar refractivity (Wildman–Crippen MR) is 101 cm³/mol. The van der Waals surface area contributed by atoms with Crippen molar-refractivity contribution in [3.63, 3.8) is 0 Å². The van der Waals surface area contributed by atoms with Gasteiger partial charge in [-0.15, -0.1) is 0 Å². The summed E-state index contributed by atoms with van der Waals surface area (Å²) >= 11 is 0. The molecule has 0 aliphatic carbocycles. The molecule has 25 heavy (non-hydrogen) atoms. The molecule has 0 saturated heterocycles. The molecule has 0 fully saturated rings. The van der Waals surface area contributed by atoms with E-state index >= 15 is 0 Å². The van der Waals surface area contributed by atoms with Crippen LogP contribution in [0.3, 0.4) is 0 Å². The smallest absolute Gasteiger partial charge is 0.340 e. The number of fused-ring (bicyclic) bond motifs is 2. The molecule has 0 saturated carbocycles. The van der Waals surface area contributed by atoms with Crippen molar-refractivity contribution in [3.05, 3.63) is 84.1 Å². The summed E-state index contributed by atoms with van der Waals surface area (Å²) in [6.07, 6.45) is 1.91. The fourth-order valence-corrected chi connectivity index (χ4v) is 3.26. The van der Waals surface area contributed by atoms with Gasteiger partial charge >= 0.3 is 5.97 Å². The zero-order valence-corrected chi connectivity index (χ0v) is 14.1. The third-order valence-electron chi connectivity index (χ3n) is 4.44. The summed E-state index contributed by atoms with van der Waals surface area (Å²) in [6, 6.07) is 22.7. The van der Waals surface area contributed by atoms with Crippen LogP contribution in [-0.4, -0.2) is 17.1 Å². The van der Waals surface area contributed by atoms with Gasteiger partial charge in [-0.1, -0.05) is 54.6 Å². The quantitative estimate of drug-likeness (QED) is 0.492. The first-order chi connectivity index (χ1) is 12.3. The first-order valence-corrected chi connectivity index (χ1v) is 8.49. The van der Waals surface area contributed by atoms with Crippen molar-refractivity contribution in [2.45, 2.75) is 13.5 Å². The molecule has 1 heterocycles. The number of esters is 1. The van der Waals surface area contributed by atoms with E-state index in [1.807, 2.05) is 43.5 Å². The molecule has 0 bridgehead atoms. The first-order valence-electron chi connectivity index (χ1n) is 8.49. The molecule has 0 unspecified atom stereocenters. The number of carbonyl (C=O) groups is 1. The SMILES string of the molecule is CCOC(=O)c1cn(Cc2ccccc2)c2cc3ccccc3cc12. The van der Waals surface area contributed by atoms with Crippen molar-refractivity contribution in [1.29, 1.82) is 0 Å². The Morgan fingerprint density at radius 2 is 1.64 bits per heavy atom. The van der Waals surface area contributed by atoms with Crippen molar-refractivity contribution in [3.8, 4) is 0 Å². The third kappa shape index (κ3) is 2.89. The van der Waals surface area contributed by atoms with Gasteiger partial charge in [0.2, 0.25) is 0 Å². The Hall–Kier alpha value is -3.07. The van der Waals surface area contributed by atoms with Gasteiger partial charge in [0, 0.05) is 23.6 Å². The molecule has 1 aromatic heterocycles. The Morgan fingerprint density at radius 3 is 2.36 bits per heavy atom. The Morgan fingerprint density at radius 1 is 0.960 bits per heavy atom. The van der Waals surface area contributed by atoms with Crippen molar-refractivity contribution < 1.29 is 9.53 Å². The molecule has 4 rings (SSSR count). The van der Waals surface area contributed by atoms with E-state index in [0.717, 1.165) is 28.2 Å². The lowest BCUT2D eigenvalue weighted by molar-refractivity contribution is 0.0528. The van der Waals surface area contributed by atoms with Gasteiger partial charge in [0.25, 0.3) is 0 Å². The van der Waals surface area contributed by atoms with Gasteiger partial charge in [0.05, 0.1) is 12.2 Å². The lowest BCUT2D eigenvalue weighted by Gasteiger charge is -2.06. The number of carbonyl (C=O) groups excluding carboxylic acids is 1. The molecule has 4 aromatic rings. The molecule has 0 N–H and O–H groups in total. The normalized spacial score (nSPS) is 11.1. The van der Waals surface area contributed by atoms with Crippen molar-refractivity contribution >= 4 is 27.6 Å². The summed E-state index contributed by atoms with van der Waals surface area (Å²) in [4.78, 5) is 12.4. The van der Waals surface area contributed by atoms with E-state index in [1.54, 1.807) is 0 Å². The summed E-state index contributed by atoms with van der Waals surface area (Å²) in [7, 11) is 0. The van der Waals surface area contributed by atoms with Crippen LogP contribution in [0.15, 0.2) is 72.9 Å². The van der Waals surface area contributed by atoms with E-state index in [4.69, 9.17) is 4.74 Å². The Kier molecular flexibility index (Phi) is 3.98. The number of hydrogen-bond acceptors (Lipinski definition) is 2. The van der Waals surface area contributed by atoms with Crippen LogP contribution in [0, 0.1) is 0 Å². The molecule has 0 aliphatic heterocycles. The molecule has 3 aromatic carbocycles. The maximum absolute atomic E-state index is 12.4. The van der Waals surface area contributed by atoms with Gasteiger partial charge in [-0.25, -0.2) is 4.79 Å². The lowest BCUT2D eigenvalue weighted by atomic mass is 10.1.